The number of amides is 2. The number of aliphatic hydroxyl groups is 1. The molecule has 4 saturated heterocycles. The molecular weight excluding hydrogens is 844 g/mol. The van der Waals surface area contributed by atoms with E-state index < -0.39 is 132 Å². The van der Waals surface area contributed by atoms with E-state index in [1.807, 2.05) is 6.92 Å². The molecule has 2 aromatic rings. The number of ketones is 3. The Hall–Kier alpha value is -4.90. The Morgan fingerprint density at radius 1 is 0.906 bits per heavy atom. The maximum absolute atomic E-state index is 14.4. The standard InChI is InChI=1S/C44H50N2O18/c1-21-40-24(45-14-15-58-42(57-3)41(45)63-40)16-31(61-21)62-26-18-43(55,27(47)19-59-44(12-5-4-6-13-44)60-20-30(50)64-46-28(48)10-11-29(46)49)17-23-33(26)39(54)35-34(37(23)52)36(51)22-8-7-9-25(56-2)32(22)38(35)53/h7-9,21,24,26,31,40-42,52,54-55H,4-6,10-20H2,1-3H3/t21-,24-,26-,31-,40+,41+,42-,43-/m0/s1. The summed E-state index contributed by atoms with van der Waals surface area (Å²) >= 11 is 0. The number of ether oxygens (including phenoxy) is 8. The topological polar surface area (TPSA) is 253 Å². The van der Waals surface area contributed by atoms with E-state index in [-0.39, 0.29) is 66.1 Å². The van der Waals surface area contributed by atoms with Crippen molar-refractivity contribution in [1.82, 2.24) is 9.96 Å². The van der Waals surface area contributed by atoms with Gasteiger partial charge >= 0.3 is 5.97 Å². The highest BCUT2D eigenvalue weighted by Crippen LogP contribution is 2.53. The van der Waals surface area contributed by atoms with Gasteiger partial charge in [-0.15, -0.1) is 5.06 Å². The number of hydrogen-bond donors (Lipinski definition) is 3. The van der Waals surface area contributed by atoms with Crippen LogP contribution in [0.15, 0.2) is 18.2 Å². The molecule has 2 aromatic carbocycles. The molecule has 0 spiro atoms. The second-order valence-corrected chi connectivity index (χ2v) is 17.2. The van der Waals surface area contributed by atoms with Crippen molar-refractivity contribution in [2.45, 2.75) is 126 Å². The van der Waals surface area contributed by atoms with Gasteiger partial charge in [-0.1, -0.05) is 18.6 Å². The Labute approximate surface area is 366 Å². The number of imide groups is 1. The quantitative estimate of drug-likeness (QED) is 0.134. The highest BCUT2D eigenvalue weighted by atomic mass is 16.8. The maximum atomic E-state index is 14.4. The number of phenolic OH excluding ortho intramolecular Hbond substituents is 2. The number of nitrogens with zero attached hydrogens (tertiary/aromatic N) is 2. The Kier molecular flexibility index (Phi) is 11.9. The van der Waals surface area contributed by atoms with Gasteiger partial charge < -0.3 is 58.1 Å². The normalized spacial score (nSPS) is 30.9. The molecule has 4 aliphatic heterocycles. The van der Waals surface area contributed by atoms with Gasteiger partial charge in [-0.05, 0) is 25.8 Å². The largest absolute Gasteiger partial charge is 0.507 e. The van der Waals surface area contributed by atoms with E-state index in [1.54, 1.807) is 0 Å². The molecule has 0 bridgehead atoms. The highest BCUT2D eigenvalue weighted by molar-refractivity contribution is 6.31. The molecule has 3 N–H and O–H groups in total. The SMILES string of the molecule is COc1cccc2c1C(=O)c1c(O)c3c(c(O)c1C2=O)C[C@@](O)(C(=O)COC1(OCC(=O)ON2C(=O)CCC2=O)CCCCC1)C[C@@H]3O[C@H]1C[C@H]2[C@H](O[C@@H]3[C@@H](OC)OCCN32)[C@H](C)O1. The lowest BCUT2D eigenvalue weighted by Crippen LogP contribution is -2.55. The molecule has 0 radical (unpaired) electrons. The van der Waals surface area contributed by atoms with Gasteiger partial charge in [0.25, 0.3) is 11.8 Å². The van der Waals surface area contributed by atoms with Crippen LogP contribution in [0.3, 0.4) is 0 Å². The van der Waals surface area contributed by atoms with Crippen molar-refractivity contribution in [3.8, 4) is 17.2 Å². The van der Waals surface area contributed by atoms with Crippen molar-refractivity contribution in [3.05, 3.63) is 51.6 Å². The van der Waals surface area contributed by atoms with E-state index in [0.717, 1.165) is 6.42 Å². The van der Waals surface area contributed by atoms with Crippen LogP contribution >= 0.6 is 0 Å². The van der Waals surface area contributed by atoms with Crippen molar-refractivity contribution in [3.63, 3.8) is 0 Å². The summed E-state index contributed by atoms with van der Waals surface area (Å²) in [5, 5.41) is 37.0. The molecule has 344 valence electrons. The maximum Gasteiger partial charge on any atom is 0.358 e. The van der Waals surface area contributed by atoms with Gasteiger partial charge in [-0.2, -0.15) is 0 Å². The van der Waals surface area contributed by atoms with Gasteiger partial charge in [0.2, 0.25) is 5.78 Å². The number of methoxy groups -OCH3 is 2. The summed E-state index contributed by atoms with van der Waals surface area (Å²) in [7, 11) is 2.85. The van der Waals surface area contributed by atoms with Gasteiger partial charge in [0.1, 0.15) is 35.6 Å². The lowest BCUT2D eigenvalue weighted by molar-refractivity contribution is -0.260. The Balaban J connectivity index is 1.02. The van der Waals surface area contributed by atoms with Crippen LogP contribution in [0.25, 0.3) is 0 Å². The molecule has 1 saturated carbocycles. The molecule has 4 heterocycles. The third kappa shape index (κ3) is 7.57. The molecule has 2 amide bonds. The smallest absolute Gasteiger partial charge is 0.358 e. The van der Waals surface area contributed by atoms with Crippen LogP contribution in [0.4, 0.5) is 0 Å². The summed E-state index contributed by atoms with van der Waals surface area (Å²) in [6.45, 7) is 1.24. The van der Waals surface area contributed by atoms with E-state index in [1.165, 1.54) is 32.4 Å². The number of rotatable bonds is 12. The van der Waals surface area contributed by atoms with E-state index in [2.05, 4.69) is 4.90 Å². The first kappa shape index (κ1) is 44.3. The zero-order chi connectivity index (χ0) is 45.2. The number of hydroxylamine groups is 2. The van der Waals surface area contributed by atoms with Crippen molar-refractivity contribution in [1.29, 1.82) is 0 Å². The molecule has 5 fully saturated rings. The fourth-order valence-corrected chi connectivity index (χ4v) is 10.3. The number of aromatic hydroxyl groups is 2. The highest BCUT2D eigenvalue weighted by Gasteiger charge is 2.55. The predicted molar refractivity (Wildman–Crippen MR) is 211 cm³/mol. The second-order valence-electron chi connectivity index (χ2n) is 17.2. The number of fused-ring (bicyclic) bond motifs is 6. The molecule has 9 rings (SSSR count). The third-order valence-electron chi connectivity index (χ3n) is 13.4. The third-order valence-corrected chi connectivity index (χ3v) is 13.4. The molecule has 0 aromatic heterocycles. The summed E-state index contributed by atoms with van der Waals surface area (Å²) in [6, 6.07) is 4.15. The first-order valence-corrected chi connectivity index (χ1v) is 21.5. The first-order valence-electron chi connectivity index (χ1n) is 21.5. The number of carbonyl (C=O) groups excluding carboxylic acids is 6. The Morgan fingerprint density at radius 3 is 2.34 bits per heavy atom. The van der Waals surface area contributed by atoms with Crippen molar-refractivity contribution >= 4 is 35.1 Å². The number of morpholine rings is 1. The monoisotopic (exact) mass is 894 g/mol. The van der Waals surface area contributed by atoms with E-state index in [0.29, 0.717) is 31.1 Å². The van der Waals surface area contributed by atoms with Crippen LogP contribution < -0.4 is 4.74 Å². The molecule has 0 unspecified atom stereocenters. The zero-order valence-electron chi connectivity index (χ0n) is 35.5. The average molecular weight is 895 g/mol. The molecule has 8 atom stereocenters. The summed E-state index contributed by atoms with van der Waals surface area (Å²) in [5.41, 5.74) is -3.86. The predicted octanol–water partition coefficient (Wildman–Crippen LogP) is 2.02. The zero-order valence-corrected chi connectivity index (χ0v) is 35.5. The minimum atomic E-state index is -2.37. The minimum Gasteiger partial charge on any atom is -0.507 e. The molecule has 20 nitrogen and oxygen atoms in total. The number of Topliss-reactive ketones (excluding diaryl/α,β-unsaturated/α-hetero) is 1. The van der Waals surface area contributed by atoms with Crippen LogP contribution in [0.1, 0.15) is 114 Å². The van der Waals surface area contributed by atoms with Crippen LogP contribution in [0.5, 0.6) is 17.2 Å². The molecular formula is C44H50N2O18. The minimum absolute atomic E-state index is 0.0781. The van der Waals surface area contributed by atoms with Gasteiger partial charge in [0.05, 0.1) is 42.6 Å². The number of carbonyl (C=O) groups is 6. The average Bonchev–Trinajstić information content (AvgIpc) is 3.83. The van der Waals surface area contributed by atoms with Gasteiger partial charge in [-0.25, -0.2) is 4.79 Å². The van der Waals surface area contributed by atoms with Crippen LogP contribution in [0, 0.1) is 0 Å². The van der Waals surface area contributed by atoms with E-state index in [9.17, 15) is 44.1 Å². The number of phenols is 2. The lowest BCUT2D eigenvalue weighted by atomic mass is 9.72. The molecule has 3 aliphatic carbocycles. The molecule has 20 heteroatoms. The summed E-state index contributed by atoms with van der Waals surface area (Å²) in [5.74, 6) is -7.62. The molecule has 64 heavy (non-hydrogen) atoms. The fraction of sp³-hybridized carbons (Fsp3) is 0.591. The second kappa shape index (κ2) is 17.1. The van der Waals surface area contributed by atoms with E-state index >= 15 is 0 Å². The van der Waals surface area contributed by atoms with Gasteiger partial charge in [0, 0.05) is 81.3 Å². The summed E-state index contributed by atoms with van der Waals surface area (Å²) in [6.07, 6.45) is -3.14. The van der Waals surface area contributed by atoms with Crippen molar-refractivity contribution in [2.24, 2.45) is 0 Å². The lowest BCUT2D eigenvalue weighted by Gasteiger charge is -2.43. The van der Waals surface area contributed by atoms with Crippen LogP contribution in [-0.2, 0) is 63.6 Å². The summed E-state index contributed by atoms with van der Waals surface area (Å²) in [4.78, 5) is 86.6. The van der Waals surface area contributed by atoms with E-state index in [4.69, 9.17) is 42.7 Å². The van der Waals surface area contributed by atoms with Crippen molar-refractivity contribution < 1.29 is 86.8 Å². The fourth-order valence-electron chi connectivity index (χ4n) is 10.3. The summed E-state index contributed by atoms with van der Waals surface area (Å²) < 4.78 is 48.1. The number of benzene rings is 2. The van der Waals surface area contributed by atoms with Gasteiger partial charge in [0.15, 0.2) is 42.8 Å². The van der Waals surface area contributed by atoms with Crippen molar-refractivity contribution in [2.75, 3.05) is 40.6 Å². The Bertz CT molecular complexity index is 2260. The Morgan fingerprint density at radius 2 is 1.62 bits per heavy atom. The number of hydrogen-bond acceptors (Lipinski definition) is 19. The molecule has 7 aliphatic rings. The van der Waals surface area contributed by atoms with Gasteiger partial charge in [-0.3, -0.25) is 28.9 Å². The van der Waals surface area contributed by atoms with Crippen LogP contribution in [0.2, 0.25) is 0 Å². The first-order chi connectivity index (χ1) is 30.7. The van der Waals surface area contributed by atoms with Crippen LogP contribution in [-0.4, -0.2) is 149 Å².